The molecule has 8 heteroatoms. The molecule has 0 spiro atoms. The second-order valence-electron chi connectivity index (χ2n) is 6.88. The Balaban J connectivity index is 1.60. The van der Waals surface area contributed by atoms with Crippen LogP contribution in [0.5, 0.6) is 11.5 Å². The maximum Gasteiger partial charge on any atom is 0.255 e. The van der Waals surface area contributed by atoms with E-state index in [1.807, 2.05) is 48.5 Å². The Bertz CT molecular complexity index is 1110. The van der Waals surface area contributed by atoms with Crippen molar-refractivity contribution in [2.45, 2.75) is 30.8 Å². The van der Waals surface area contributed by atoms with Crippen molar-refractivity contribution >= 4 is 17.7 Å². The van der Waals surface area contributed by atoms with Crippen LogP contribution < -0.4 is 20.3 Å². The molecule has 7 nitrogen and oxygen atoms in total. The third kappa shape index (κ3) is 6.36. The quantitative estimate of drug-likeness (QED) is 0.393. The Morgan fingerprint density at radius 1 is 1.06 bits per heavy atom. The van der Waals surface area contributed by atoms with Gasteiger partial charge < -0.3 is 19.8 Å². The van der Waals surface area contributed by atoms with Gasteiger partial charge in [-0.05, 0) is 42.3 Å². The third-order valence-electron chi connectivity index (χ3n) is 4.67. The summed E-state index contributed by atoms with van der Waals surface area (Å²) in [6.45, 7) is 2.10. The number of carbonyl (C=O) groups excluding carboxylic acids is 1. The fourth-order valence-corrected chi connectivity index (χ4v) is 3.83. The lowest BCUT2D eigenvalue weighted by atomic mass is 10.1. The second kappa shape index (κ2) is 10.7. The van der Waals surface area contributed by atoms with Gasteiger partial charge >= 0.3 is 0 Å². The van der Waals surface area contributed by atoms with Crippen LogP contribution in [-0.4, -0.2) is 30.1 Å². The Kier molecular flexibility index (Phi) is 7.72. The van der Waals surface area contributed by atoms with Crippen molar-refractivity contribution in [1.29, 1.82) is 0 Å². The van der Waals surface area contributed by atoms with E-state index < -0.39 is 0 Å². The number of H-pyrrole nitrogens is 1. The molecule has 0 saturated heterocycles. The molecule has 0 unspecified atom stereocenters. The Hall–Kier alpha value is -3.26. The van der Waals surface area contributed by atoms with Gasteiger partial charge in [-0.15, -0.1) is 0 Å². The maximum absolute atomic E-state index is 12.5. The molecule has 1 amide bonds. The molecule has 0 radical (unpaired) electrons. The van der Waals surface area contributed by atoms with Gasteiger partial charge in [-0.1, -0.05) is 36.0 Å². The van der Waals surface area contributed by atoms with Crippen molar-refractivity contribution in [3.63, 3.8) is 0 Å². The molecular formula is C23H25N3O4S. The summed E-state index contributed by atoms with van der Waals surface area (Å²) in [4.78, 5) is 32.1. The predicted octanol–water partition coefficient (Wildman–Crippen LogP) is 3.25. The van der Waals surface area contributed by atoms with Gasteiger partial charge in [-0.3, -0.25) is 9.59 Å². The van der Waals surface area contributed by atoms with E-state index >= 15 is 0 Å². The first-order chi connectivity index (χ1) is 15.0. The molecule has 0 aliphatic heterocycles. The SMILES string of the molecule is COc1cccc(CNC(=O)Cc2c(C)nc(SCc3cccc(OC)c3)[nH]c2=O)c1. The predicted molar refractivity (Wildman–Crippen MR) is 121 cm³/mol. The van der Waals surface area contributed by atoms with Crippen LogP contribution in [0, 0.1) is 6.92 Å². The van der Waals surface area contributed by atoms with Crippen LogP contribution in [0.25, 0.3) is 0 Å². The molecule has 0 saturated carbocycles. The largest absolute Gasteiger partial charge is 0.497 e. The number of carbonyl (C=O) groups is 1. The highest BCUT2D eigenvalue weighted by Crippen LogP contribution is 2.22. The molecule has 0 bridgehead atoms. The van der Waals surface area contributed by atoms with Crippen molar-refractivity contribution in [1.82, 2.24) is 15.3 Å². The van der Waals surface area contributed by atoms with Crippen LogP contribution in [0.15, 0.2) is 58.5 Å². The summed E-state index contributed by atoms with van der Waals surface area (Å²) in [5.41, 5.74) is 2.60. The first-order valence-corrected chi connectivity index (χ1v) is 10.7. The lowest BCUT2D eigenvalue weighted by Gasteiger charge is -2.09. The summed E-state index contributed by atoms with van der Waals surface area (Å²) < 4.78 is 10.4. The number of amides is 1. The van der Waals surface area contributed by atoms with Crippen LogP contribution in [0.2, 0.25) is 0 Å². The number of nitrogens with one attached hydrogen (secondary N) is 2. The Morgan fingerprint density at radius 2 is 1.71 bits per heavy atom. The average Bonchev–Trinajstić information content (AvgIpc) is 2.79. The summed E-state index contributed by atoms with van der Waals surface area (Å²) in [5, 5.41) is 3.35. The van der Waals surface area contributed by atoms with E-state index in [0.29, 0.717) is 28.7 Å². The molecule has 0 aliphatic rings. The van der Waals surface area contributed by atoms with E-state index in [-0.39, 0.29) is 17.9 Å². The number of nitrogens with zero attached hydrogens (tertiary/aromatic N) is 1. The molecule has 3 rings (SSSR count). The third-order valence-corrected chi connectivity index (χ3v) is 5.62. The number of ether oxygens (including phenoxy) is 2. The maximum atomic E-state index is 12.5. The van der Waals surface area contributed by atoms with Crippen molar-refractivity contribution < 1.29 is 14.3 Å². The van der Waals surface area contributed by atoms with E-state index in [1.165, 1.54) is 11.8 Å². The first-order valence-electron chi connectivity index (χ1n) is 9.73. The smallest absolute Gasteiger partial charge is 0.255 e. The van der Waals surface area contributed by atoms with Crippen molar-refractivity contribution in [3.05, 3.63) is 81.3 Å². The minimum Gasteiger partial charge on any atom is -0.497 e. The number of hydrogen-bond donors (Lipinski definition) is 2. The van der Waals surface area contributed by atoms with Crippen LogP contribution in [0.1, 0.15) is 22.4 Å². The van der Waals surface area contributed by atoms with Crippen molar-refractivity contribution in [2.75, 3.05) is 14.2 Å². The first kappa shape index (κ1) is 22.4. The number of methoxy groups -OCH3 is 2. The minimum atomic E-state index is -0.294. The van der Waals surface area contributed by atoms with Crippen LogP contribution >= 0.6 is 11.8 Å². The van der Waals surface area contributed by atoms with Gasteiger partial charge in [0.05, 0.1) is 20.6 Å². The number of aromatic amines is 1. The number of aromatic nitrogens is 2. The van der Waals surface area contributed by atoms with Gasteiger partial charge in [0.25, 0.3) is 5.56 Å². The van der Waals surface area contributed by atoms with Gasteiger partial charge in [-0.2, -0.15) is 0 Å². The van der Waals surface area contributed by atoms with Crippen molar-refractivity contribution in [2.24, 2.45) is 0 Å². The number of aryl methyl sites for hydroxylation is 1. The average molecular weight is 440 g/mol. The fraction of sp³-hybridized carbons (Fsp3) is 0.261. The van der Waals surface area contributed by atoms with E-state index in [9.17, 15) is 9.59 Å². The fourth-order valence-electron chi connectivity index (χ4n) is 2.98. The molecular weight excluding hydrogens is 414 g/mol. The van der Waals surface area contributed by atoms with Gasteiger partial charge in [-0.25, -0.2) is 4.98 Å². The lowest BCUT2D eigenvalue weighted by molar-refractivity contribution is -0.120. The highest BCUT2D eigenvalue weighted by molar-refractivity contribution is 7.98. The number of rotatable bonds is 9. The zero-order valence-corrected chi connectivity index (χ0v) is 18.5. The molecule has 0 atom stereocenters. The van der Waals surface area contributed by atoms with E-state index in [4.69, 9.17) is 9.47 Å². The summed E-state index contributed by atoms with van der Waals surface area (Å²) >= 11 is 1.42. The summed E-state index contributed by atoms with van der Waals surface area (Å²) in [6, 6.07) is 15.2. The summed E-state index contributed by atoms with van der Waals surface area (Å²) in [5.74, 6) is 1.91. The second-order valence-corrected chi connectivity index (χ2v) is 7.84. The van der Waals surface area contributed by atoms with Gasteiger partial charge in [0.15, 0.2) is 5.16 Å². The monoisotopic (exact) mass is 439 g/mol. The lowest BCUT2D eigenvalue weighted by Crippen LogP contribution is -2.28. The molecule has 3 aromatic rings. The van der Waals surface area contributed by atoms with E-state index in [1.54, 1.807) is 21.1 Å². The van der Waals surface area contributed by atoms with Crippen LogP contribution in [0.4, 0.5) is 0 Å². The Morgan fingerprint density at radius 3 is 2.35 bits per heavy atom. The number of benzene rings is 2. The normalized spacial score (nSPS) is 10.5. The minimum absolute atomic E-state index is 0.0288. The van der Waals surface area contributed by atoms with Gasteiger partial charge in [0, 0.05) is 23.6 Å². The summed E-state index contributed by atoms with van der Waals surface area (Å²) in [6.07, 6.45) is -0.0288. The molecule has 2 N–H and O–H groups in total. The topological polar surface area (TPSA) is 93.3 Å². The standard InChI is InChI=1S/C23H25N3O4S/c1-15-20(12-21(27)24-13-16-6-4-8-18(10-16)29-2)22(28)26-23(25-15)31-14-17-7-5-9-19(11-17)30-3/h4-11H,12-14H2,1-3H3,(H,24,27)(H,25,26,28). The molecule has 0 aliphatic carbocycles. The molecule has 162 valence electrons. The van der Waals surface area contributed by atoms with Crippen molar-refractivity contribution in [3.8, 4) is 11.5 Å². The van der Waals surface area contributed by atoms with Crippen LogP contribution in [0.3, 0.4) is 0 Å². The van der Waals surface area contributed by atoms with Gasteiger partial charge in [0.1, 0.15) is 11.5 Å². The molecule has 1 aromatic heterocycles. The molecule has 1 heterocycles. The van der Waals surface area contributed by atoms with E-state index in [2.05, 4.69) is 15.3 Å². The molecule has 2 aromatic carbocycles. The number of hydrogen-bond acceptors (Lipinski definition) is 6. The zero-order chi connectivity index (χ0) is 22.2. The van der Waals surface area contributed by atoms with Crippen LogP contribution in [-0.2, 0) is 23.5 Å². The Labute approximate surface area is 185 Å². The summed E-state index contributed by atoms with van der Waals surface area (Å²) in [7, 11) is 3.22. The highest BCUT2D eigenvalue weighted by atomic mass is 32.2. The molecule has 0 fully saturated rings. The zero-order valence-electron chi connectivity index (χ0n) is 17.7. The van der Waals surface area contributed by atoms with Gasteiger partial charge in [0.2, 0.25) is 5.91 Å². The highest BCUT2D eigenvalue weighted by Gasteiger charge is 2.13. The van der Waals surface area contributed by atoms with E-state index in [0.717, 1.165) is 22.6 Å². The molecule has 31 heavy (non-hydrogen) atoms. The number of thioether (sulfide) groups is 1.